The van der Waals surface area contributed by atoms with Crippen molar-refractivity contribution in [2.24, 2.45) is 0 Å². The van der Waals surface area contributed by atoms with Gasteiger partial charge >= 0.3 is 0 Å². The lowest BCUT2D eigenvalue weighted by Crippen LogP contribution is -2.42. The first-order valence-electron chi connectivity index (χ1n) is 10.8. The Morgan fingerprint density at radius 3 is 2.06 bits per heavy atom. The van der Waals surface area contributed by atoms with Crippen molar-refractivity contribution >= 4 is 53.5 Å². The maximum absolute atomic E-state index is 13.3. The van der Waals surface area contributed by atoms with Gasteiger partial charge in [-0.2, -0.15) is 4.31 Å². The van der Waals surface area contributed by atoms with Gasteiger partial charge in [0.1, 0.15) is 0 Å². The summed E-state index contributed by atoms with van der Waals surface area (Å²) in [7, 11) is -7.75. The fourth-order valence-corrected chi connectivity index (χ4v) is 5.99. The van der Waals surface area contributed by atoms with Gasteiger partial charge in [-0.1, -0.05) is 57.4 Å². The number of sulfonamides is 2. The highest BCUT2D eigenvalue weighted by atomic mass is 79.9. The smallest absolute Gasteiger partial charge is 0.243 e. The van der Waals surface area contributed by atoms with Gasteiger partial charge in [-0.25, -0.2) is 21.6 Å². The summed E-state index contributed by atoms with van der Waals surface area (Å²) in [6, 6.07) is 19.1. The van der Waals surface area contributed by atoms with E-state index in [9.17, 15) is 21.6 Å². The van der Waals surface area contributed by atoms with Crippen LogP contribution in [0.4, 0.5) is 0 Å². The lowest BCUT2D eigenvalue weighted by atomic mass is 10.2. The zero-order valence-electron chi connectivity index (χ0n) is 19.3. The van der Waals surface area contributed by atoms with Crippen LogP contribution in [0.15, 0.2) is 87.1 Å². The van der Waals surface area contributed by atoms with Gasteiger partial charge in [0.15, 0.2) is 0 Å². The molecule has 1 amide bonds. The number of amides is 1. The molecule has 0 heterocycles. The second kappa shape index (κ2) is 12.3. The quantitative estimate of drug-likeness (QED) is 0.320. The number of carbonyl (C=O) groups is 1. The molecular formula is C24H25BrClN3O5S2. The van der Waals surface area contributed by atoms with E-state index in [4.69, 9.17) is 11.6 Å². The van der Waals surface area contributed by atoms with E-state index in [1.165, 1.54) is 36.4 Å². The summed E-state index contributed by atoms with van der Waals surface area (Å²) >= 11 is 9.24. The highest BCUT2D eigenvalue weighted by molar-refractivity contribution is 9.10. The standard InChI is InChI=1S/C24H25BrClN3O5S2/c1-18-2-10-22(11-3-18)35(31,32)28-15-14-27-24(30)17-29(16-19-4-6-20(25)7-5-19)36(33,34)23-12-8-21(26)9-13-23/h2-13,28H,14-17H2,1H3,(H,27,30). The zero-order chi connectivity index (χ0) is 26.3. The van der Waals surface area contributed by atoms with Crippen LogP contribution in [0.2, 0.25) is 5.02 Å². The molecule has 0 saturated carbocycles. The van der Waals surface area contributed by atoms with Crippen LogP contribution in [-0.2, 0) is 31.4 Å². The first-order valence-corrected chi connectivity index (χ1v) is 14.9. The third kappa shape index (κ3) is 7.86. The molecule has 2 N–H and O–H groups in total. The molecule has 0 unspecified atom stereocenters. The Hall–Kier alpha value is -2.28. The number of nitrogens with zero attached hydrogens (tertiary/aromatic N) is 1. The predicted octanol–water partition coefficient (Wildman–Crippen LogP) is 3.70. The van der Waals surface area contributed by atoms with Crippen molar-refractivity contribution in [1.82, 2.24) is 14.3 Å². The molecule has 192 valence electrons. The number of halogens is 2. The summed E-state index contributed by atoms with van der Waals surface area (Å²) in [6.07, 6.45) is 0. The van der Waals surface area contributed by atoms with E-state index in [2.05, 4.69) is 26.0 Å². The van der Waals surface area contributed by atoms with Gasteiger partial charge in [-0.05, 0) is 61.0 Å². The maximum atomic E-state index is 13.3. The molecule has 0 radical (unpaired) electrons. The number of aryl methyl sites for hydroxylation is 1. The van der Waals surface area contributed by atoms with E-state index in [1.54, 1.807) is 36.4 Å². The number of benzene rings is 3. The average molecular weight is 615 g/mol. The Morgan fingerprint density at radius 2 is 1.44 bits per heavy atom. The Morgan fingerprint density at radius 1 is 0.861 bits per heavy atom. The molecule has 36 heavy (non-hydrogen) atoms. The van der Waals surface area contributed by atoms with Gasteiger partial charge in [0.2, 0.25) is 26.0 Å². The average Bonchev–Trinajstić information content (AvgIpc) is 2.83. The van der Waals surface area contributed by atoms with E-state index in [0.29, 0.717) is 10.6 Å². The highest BCUT2D eigenvalue weighted by Gasteiger charge is 2.27. The molecule has 3 aromatic carbocycles. The molecule has 0 bridgehead atoms. The summed E-state index contributed by atoms with van der Waals surface area (Å²) in [5.74, 6) is -0.570. The molecule has 0 atom stereocenters. The summed E-state index contributed by atoms with van der Waals surface area (Å²) < 4.78 is 55.7. The monoisotopic (exact) mass is 613 g/mol. The molecule has 0 aromatic heterocycles. The first kappa shape index (κ1) is 28.3. The molecule has 12 heteroatoms. The van der Waals surface area contributed by atoms with Crippen LogP contribution >= 0.6 is 27.5 Å². The van der Waals surface area contributed by atoms with Crippen molar-refractivity contribution in [3.05, 3.63) is 93.4 Å². The molecule has 0 aliphatic rings. The minimum absolute atomic E-state index is 0.00247. The summed E-state index contributed by atoms with van der Waals surface area (Å²) in [6.45, 7) is 1.29. The number of rotatable bonds is 11. The molecular weight excluding hydrogens is 590 g/mol. The van der Waals surface area contributed by atoms with E-state index >= 15 is 0 Å². The molecule has 0 aliphatic carbocycles. The SMILES string of the molecule is Cc1ccc(S(=O)(=O)NCCNC(=O)CN(Cc2ccc(Br)cc2)S(=O)(=O)c2ccc(Cl)cc2)cc1. The van der Waals surface area contributed by atoms with Crippen LogP contribution < -0.4 is 10.0 Å². The van der Waals surface area contributed by atoms with Gasteiger partial charge in [-0.3, -0.25) is 4.79 Å². The third-order valence-corrected chi connectivity index (χ3v) is 9.18. The van der Waals surface area contributed by atoms with Crippen molar-refractivity contribution in [1.29, 1.82) is 0 Å². The molecule has 0 spiro atoms. The van der Waals surface area contributed by atoms with Gasteiger partial charge < -0.3 is 5.32 Å². The fraction of sp³-hybridized carbons (Fsp3) is 0.208. The lowest BCUT2D eigenvalue weighted by Gasteiger charge is -2.22. The Kier molecular flexibility index (Phi) is 9.67. The van der Waals surface area contributed by atoms with Crippen molar-refractivity contribution in [2.45, 2.75) is 23.3 Å². The van der Waals surface area contributed by atoms with Crippen LogP contribution in [0.5, 0.6) is 0 Å². The van der Waals surface area contributed by atoms with Gasteiger partial charge in [0.05, 0.1) is 16.3 Å². The van der Waals surface area contributed by atoms with Crippen molar-refractivity contribution in [3.63, 3.8) is 0 Å². The number of nitrogens with one attached hydrogen (secondary N) is 2. The molecule has 3 rings (SSSR count). The van der Waals surface area contributed by atoms with Crippen LogP contribution in [0.25, 0.3) is 0 Å². The van der Waals surface area contributed by atoms with Crippen molar-refractivity contribution in [2.75, 3.05) is 19.6 Å². The predicted molar refractivity (Wildman–Crippen MR) is 143 cm³/mol. The Labute approximate surface area is 224 Å². The molecule has 0 fully saturated rings. The summed E-state index contributed by atoms with van der Waals surface area (Å²) in [5.41, 5.74) is 1.62. The third-order valence-electron chi connectivity index (χ3n) is 5.11. The molecule has 0 aliphatic heterocycles. The minimum Gasteiger partial charge on any atom is -0.354 e. The Bertz CT molecular complexity index is 1400. The van der Waals surface area contributed by atoms with E-state index < -0.39 is 32.5 Å². The molecule has 8 nitrogen and oxygen atoms in total. The van der Waals surface area contributed by atoms with E-state index in [1.807, 2.05) is 6.92 Å². The topological polar surface area (TPSA) is 113 Å². The van der Waals surface area contributed by atoms with Crippen LogP contribution in [-0.4, -0.2) is 46.7 Å². The zero-order valence-corrected chi connectivity index (χ0v) is 23.3. The minimum atomic E-state index is -4.02. The number of hydrogen-bond donors (Lipinski definition) is 2. The second-order valence-electron chi connectivity index (χ2n) is 7.91. The van der Waals surface area contributed by atoms with Crippen molar-refractivity contribution < 1.29 is 21.6 Å². The fourth-order valence-electron chi connectivity index (χ4n) is 3.18. The molecule has 3 aromatic rings. The Balaban J connectivity index is 1.66. The van der Waals surface area contributed by atoms with Gasteiger partial charge in [0, 0.05) is 29.1 Å². The highest BCUT2D eigenvalue weighted by Crippen LogP contribution is 2.21. The second-order valence-corrected chi connectivity index (χ2v) is 13.0. The van der Waals surface area contributed by atoms with Crippen LogP contribution in [0, 0.1) is 6.92 Å². The van der Waals surface area contributed by atoms with Gasteiger partial charge in [-0.15, -0.1) is 0 Å². The summed E-state index contributed by atoms with van der Waals surface area (Å²) in [4.78, 5) is 12.8. The van der Waals surface area contributed by atoms with E-state index in [0.717, 1.165) is 14.3 Å². The van der Waals surface area contributed by atoms with Crippen LogP contribution in [0.3, 0.4) is 0 Å². The number of carbonyl (C=O) groups excluding carboxylic acids is 1. The number of hydrogen-bond acceptors (Lipinski definition) is 5. The summed E-state index contributed by atoms with van der Waals surface area (Å²) in [5, 5.41) is 2.96. The lowest BCUT2D eigenvalue weighted by molar-refractivity contribution is -0.121. The largest absolute Gasteiger partial charge is 0.354 e. The van der Waals surface area contributed by atoms with Gasteiger partial charge in [0.25, 0.3) is 0 Å². The first-order chi connectivity index (χ1) is 17.0. The normalized spacial score (nSPS) is 12.0. The maximum Gasteiger partial charge on any atom is 0.243 e. The van der Waals surface area contributed by atoms with E-state index in [-0.39, 0.29) is 29.4 Å². The molecule has 0 saturated heterocycles. The van der Waals surface area contributed by atoms with Crippen molar-refractivity contribution in [3.8, 4) is 0 Å². The van der Waals surface area contributed by atoms with Crippen LogP contribution in [0.1, 0.15) is 11.1 Å².